The standard InChI is InChI=1S/C34H32FN5O4.ClH/c1-22(41)38-26-14-10-24(11-15-26)21-39-30-8-4-5-9-31(30)40(27-16-12-23(19-36)13-17-27)34(44)28(33(39)43)18-32(42)37-20-25-6-2-3-7-29(25)35;/h2-17,28H,18-21,36H2,1H3,(H,37,42)(H,38,41);1H. The predicted molar refractivity (Wildman–Crippen MR) is 173 cm³/mol. The Morgan fingerprint density at radius 1 is 0.822 bits per heavy atom. The van der Waals surface area contributed by atoms with Crippen LogP contribution in [0.1, 0.15) is 30.0 Å². The Kier molecular flexibility index (Phi) is 10.7. The lowest BCUT2D eigenvalue weighted by Crippen LogP contribution is -2.43. The number of amides is 4. The van der Waals surface area contributed by atoms with E-state index in [1.807, 2.05) is 12.1 Å². The molecule has 0 saturated heterocycles. The van der Waals surface area contributed by atoms with Crippen molar-refractivity contribution in [2.45, 2.75) is 33.0 Å². The zero-order valence-electron chi connectivity index (χ0n) is 24.5. The summed E-state index contributed by atoms with van der Waals surface area (Å²) in [4.78, 5) is 56.1. The van der Waals surface area contributed by atoms with Gasteiger partial charge in [0.2, 0.25) is 23.6 Å². The number of anilines is 4. The van der Waals surface area contributed by atoms with Crippen LogP contribution in [0.3, 0.4) is 0 Å². The van der Waals surface area contributed by atoms with Gasteiger partial charge in [-0.3, -0.25) is 24.1 Å². The number of carbonyl (C=O) groups is 4. The van der Waals surface area contributed by atoms with Crippen LogP contribution in [-0.2, 0) is 38.8 Å². The van der Waals surface area contributed by atoms with Gasteiger partial charge in [0, 0.05) is 43.4 Å². The van der Waals surface area contributed by atoms with Crippen LogP contribution in [-0.4, -0.2) is 23.6 Å². The minimum Gasteiger partial charge on any atom is -0.352 e. The van der Waals surface area contributed by atoms with Crippen LogP contribution >= 0.6 is 12.4 Å². The van der Waals surface area contributed by atoms with Gasteiger partial charge >= 0.3 is 0 Å². The zero-order chi connectivity index (χ0) is 31.2. The van der Waals surface area contributed by atoms with Crippen LogP contribution in [0, 0.1) is 11.7 Å². The van der Waals surface area contributed by atoms with E-state index in [1.54, 1.807) is 78.9 Å². The highest BCUT2D eigenvalue weighted by Crippen LogP contribution is 2.40. The first-order valence-corrected chi connectivity index (χ1v) is 14.1. The molecule has 9 nitrogen and oxygen atoms in total. The summed E-state index contributed by atoms with van der Waals surface area (Å²) in [6.07, 6.45) is -0.435. The molecule has 0 fully saturated rings. The Morgan fingerprint density at radius 2 is 1.44 bits per heavy atom. The van der Waals surface area contributed by atoms with Crippen molar-refractivity contribution >= 4 is 58.8 Å². The maximum atomic E-state index is 14.3. The molecular weight excluding hydrogens is 597 g/mol. The van der Waals surface area contributed by atoms with Crippen LogP contribution in [0.4, 0.5) is 27.1 Å². The van der Waals surface area contributed by atoms with Crippen molar-refractivity contribution in [3.8, 4) is 0 Å². The number of rotatable bonds is 9. The Hall–Kier alpha value is -5.06. The highest BCUT2D eigenvalue weighted by molar-refractivity contribution is 6.21. The SMILES string of the molecule is CC(=O)Nc1ccc(CN2C(=O)C(CC(=O)NCc3ccccc3F)C(=O)N(c3ccc(CN)cc3)c3ccccc32)cc1.Cl. The minimum atomic E-state index is -1.36. The molecule has 0 aliphatic carbocycles. The lowest BCUT2D eigenvalue weighted by atomic mass is 10.0. The zero-order valence-corrected chi connectivity index (χ0v) is 25.4. The second-order valence-corrected chi connectivity index (χ2v) is 10.5. The van der Waals surface area contributed by atoms with Crippen molar-refractivity contribution in [3.05, 3.63) is 120 Å². The lowest BCUT2D eigenvalue weighted by Gasteiger charge is -2.26. The maximum Gasteiger partial charge on any atom is 0.244 e. The van der Waals surface area contributed by atoms with Gasteiger partial charge in [-0.1, -0.05) is 54.6 Å². The van der Waals surface area contributed by atoms with E-state index < -0.39 is 35.9 Å². The number of halogens is 2. The number of hydrogen-bond acceptors (Lipinski definition) is 5. The number of nitrogens with two attached hydrogens (primary N) is 1. The monoisotopic (exact) mass is 629 g/mol. The lowest BCUT2D eigenvalue weighted by molar-refractivity contribution is -0.136. The quantitative estimate of drug-likeness (QED) is 0.220. The molecule has 0 bridgehead atoms. The highest BCUT2D eigenvalue weighted by atomic mass is 35.5. The van der Waals surface area contributed by atoms with Crippen LogP contribution in [0.5, 0.6) is 0 Å². The minimum absolute atomic E-state index is 0. The Balaban J connectivity index is 0.00000461. The first kappa shape index (κ1) is 32.8. The van der Waals surface area contributed by atoms with Crippen LogP contribution in [0.15, 0.2) is 97.1 Å². The average Bonchev–Trinajstić information content (AvgIpc) is 3.10. The molecule has 232 valence electrons. The maximum absolute atomic E-state index is 14.3. The molecule has 0 saturated carbocycles. The van der Waals surface area contributed by atoms with E-state index in [0.717, 1.165) is 11.1 Å². The summed E-state index contributed by atoms with van der Waals surface area (Å²) in [6, 6.07) is 27.3. The number of para-hydroxylation sites is 2. The Morgan fingerprint density at radius 3 is 2.09 bits per heavy atom. The third-order valence-electron chi connectivity index (χ3n) is 7.36. The normalized spacial score (nSPS) is 14.2. The largest absolute Gasteiger partial charge is 0.352 e. The van der Waals surface area contributed by atoms with E-state index in [1.165, 1.54) is 22.8 Å². The van der Waals surface area contributed by atoms with Gasteiger partial charge in [0.25, 0.3) is 0 Å². The van der Waals surface area contributed by atoms with Crippen molar-refractivity contribution in [1.29, 1.82) is 0 Å². The second kappa shape index (κ2) is 14.6. The molecule has 1 unspecified atom stereocenters. The van der Waals surface area contributed by atoms with E-state index in [-0.39, 0.29) is 37.0 Å². The molecule has 45 heavy (non-hydrogen) atoms. The number of carbonyl (C=O) groups excluding carboxylic acids is 4. The van der Waals surface area contributed by atoms with Gasteiger partial charge in [-0.15, -0.1) is 12.4 Å². The molecule has 1 aliphatic heterocycles. The van der Waals surface area contributed by atoms with Crippen molar-refractivity contribution in [2.24, 2.45) is 11.7 Å². The summed E-state index contributed by atoms with van der Waals surface area (Å²) in [5.41, 5.74) is 9.80. The van der Waals surface area contributed by atoms with Gasteiger partial charge in [-0.2, -0.15) is 0 Å². The summed E-state index contributed by atoms with van der Waals surface area (Å²) in [7, 11) is 0. The Bertz CT molecular complexity index is 1700. The van der Waals surface area contributed by atoms with E-state index in [0.29, 0.717) is 29.3 Å². The summed E-state index contributed by atoms with van der Waals surface area (Å²) in [6.45, 7) is 1.76. The predicted octanol–water partition coefficient (Wildman–Crippen LogP) is 5.20. The summed E-state index contributed by atoms with van der Waals surface area (Å²) >= 11 is 0. The van der Waals surface area contributed by atoms with Crippen LogP contribution < -0.4 is 26.2 Å². The third-order valence-corrected chi connectivity index (χ3v) is 7.36. The molecule has 11 heteroatoms. The van der Waals surface area contributed by atoms with Gasteiger partial charge in [0.05, 0.1) is 17.9 Å². The fourth-order valence-corrected chi connectivity index (χ4v) is 5.13. The molecule has 1 heterocycles. The molecule has 4 aromatic carbocycles. The highest BCUT2D eigenvalue weighted by Gasteiger charge is 2.42. The number of nitrogens with zero attached hydrogens (tertiary/aromatic N) is 2. The second-order valence-electron chi connectivity index (χ2n) is 10.5. The molecule has 1 aliphatic rings. The van der Waals surface area contributed by atoms with Gasteiger partial charge in [0.1, 0.15) is 11.7 Å². The molecule has 4 aromatic rings. The topological polar surface area (TPSA) is 125 Å². The van der Waals surface area contributed by atoms with Gasteiger partial charge in [-0.05, 0) is 53.6 Å². The molecule has 4 amide bonds. The van der Waals surface area contributed by atoms with E-state index in [9.17, 15) is 23.6 Å². The molecule has 4 N–H and O–H groups in total. The van der Waals surface area contributed by atoms with Crippen LogP contribution in [0.25, 0.3) is 0 Å². The third kappa shape index (κ3) is 7.54. The number of hydrogen-bond donors (Lipinski definition) is 3. The van der Waals surface area contributed by atoms with Crippen molar-refractivity contribution in [2.75, 3.05) is 15.1 Å². The summed E-state index contributed by atoms with van der Waals surface area (Å²) < 4.78 is 14.2. The molecule has 0 radical (unpaired) electrons. The molecule has 1 atom stereocenters. The molecule has 0 aromatic heterocycles. The molecular formula is C34H33ClFN5O4. The summed E-state index contributed by atoms with van der Waals surface area (Å²) in [5.74, 6) is -3.71. The van der Waals surface area contributed by atoms with Gasteiger partial charge in [-0.25, -0.2) is 4.39 Å². The Labute approximate surface area is 266 Å². The van der Waals surface area contributed by atoms with Crippen molar-refractivity contribution < 1.29 is 23.6 Å². The average molecular weight is 630 g/mol. The smallest absolute Gasteiger partial charge is 0.244 e. The fraction of sp³-hybridized carbons (Fsp3) is 0.176. The summed E-state index contributed by atoms with van der Waals surface area (Å²) in [5, 5.41) is 5.37. The number of nitrogens with one attached hydrogen (secondary N) is 2. The first-order valence-electron chi connectivity index (χ1n) is 14.1. The molecule has 0 spiro atoms. The van der Waals surface area contributed by atoms with Crippen molar-refractivity contribution in [1.82, 2.24) is 5.32 Å². The van der Waals surface area contributed by atoms with E-state index in [4.69, 9.17) is 5.73 Å². The van der Waals surface area contributed by atoms with Crippen LogP contribution in [0.2, 0.25) is 0 Å². The van der Waals surface area contributed by atoms with E-state index >= 15 is 0 Å². The van der Waals surface area contributed by atoms with Crippen molar-refractivity contribution in [3.63, 3.8) is 0 Å². The number of benzene rings is 4. The van der Waals surface area contributed by atoms with Gasteiger partial charge in [0.15, 0.2) is 0 Å². The van der Waals surface area contributed by atoms with Gasteiger partial charge < -0.3 is 21.3 Å². The molecule has 5 rings (SSSR count). The van der Waals surface area contributed by atoms with E-state index in [2.05, 4.69) is 10.6 Å². The number of fused-ring (bicyclic) bond motifs is 1. The first-order chi connectivity index (χ1) is 21.2. The fourth-order valence-electron chi connectivity index (χ4n) is 5.13.